The van der Waals surface area contributed by atoms with Gasteiger partial charge in [0.1, 0.15) is 5.69 Å². The van der Waals surface area contributed by atoms with Gasteiger partial charge in [0.15, 0.2) is 0 Å². The number of carbonyl (C=O) groups excluding carboxylic acids is 1. The second kappa shape index (κ2) is 5.18. The molecule has 2 aliphatic carbocycles. The highest BCUT2D eigenvalue weighted by atomic mass is 16.2. The molecule has 1 aromatic carbocycles. The first-order valence-electron chi connectivity index (χ1n) is 8.36. The SMILES string of the molecule is CC(C)(NC(=O)C1[C@H]2CCC[C@@H]12)c1cn(-c2ccccc2)nn1. The largest absolute Gasteiger partial charge is 0.345 e. The van der Waals surface area contributed by atoms with Crippen molar-refractivity contribution in [1.82, 2.24) is 20.3 Å². The summed E-state index contributed by atoms with van der Waals surface area (Å²) in [6.07, 6.45) is 5.61. The van der Waals surface area contributed by atoms with E-state index in [9.17, 15) is 4.79 Å². The number of para-hydroxylation sites is 1. The number of benzene rings is 1. The molecule has 4 rings (SSSR count). The molecular weight excluding hydrogens is 288 g/mol. The van der Waals surface area contributed by atoms with Crippen LogP contribution in [-0.4, -0.2) is 20.9 Å². The van der Waals surface area contributed by atoms with Crippen LogP contribution >= 0.6 is 0 Å². The second-order valence-electron chi connectivity index (χ2n) is 7.28. The molecule has 1 unspecified atom stereocenters. The van der Waals surface area contributed by atoms with Gasteiger partial charge in [-0.2, -0.15) is 0 Å². The Morgan fingerprint density at radius 1 is 1.22 bits per heavy atom. The highest BCUT2D eigenvalue weighted by Gasteiger charge is 2.57. The molecule has 0 radical (unpaired) electrons. The van der Waals surface area contributed by atoms with Gasteiger partial charge in [-0.05, 0) is 50.7 Å². The molecule has 2 aliphatic rings. The Bertz CT molecular complexity index is 712. The van der Waals surface area contributed by atoms with Crippen molar-refractivity contribution in [1.29, 1.82) is 0 Å². The summed E-state index contributed by atoms with van der Waals surface area (Å²) < 4.78 is 1.75. The van der Waals surface area contributed by atoms with Crippen molar-refractivity contribution in [3.63, 3.8) is 0 Å². The zero-order valence-corrected chi connectivity index (χ0v) is 13.6. The fourth-order valence-corrected chi connectivity index (χ4v) is 3.92. The molecule has 3 atom stereocenters. The van der Waals surface area contributed by atoms with E-state index in [0.717, 1.165) is 11.4 Å². The molecule has 0 spiro atoms. The van der Waals surface area contributed by atoms with Gasteiger partial charge >= 0.3 is 0 Å². The lowest BCUT2D eigenvalue weighted by atomic mass is 10.0. The summed E-state index contributed by atoms with van der Waals surface area (Å²) in [7, 11) is 0. The van der Waals surface area contributed by atoms with Crippen LogP contribution in [0.3, 0.4) is 0 Å². The molecular formula is C18H22N4O. The Kier molecular flexibility index (Phi) is 3.25. The maximum atomic E-state index is 12.5. The monoisotopic (exact) mass is 310 g/mol. The molecule has 1 N–H and O–H groups in total. The summed E-state index contributed by atoms with van der Waals surface area (Å²) in [5, 5.41) is 11.6. The lowest BCUT2D eigenvalue weighted by Crippen LogP contribution is -2.42. The minimum absolute atomic E-state index is 0.180. The summed E-state index contributed by atoms with van der Waals surface area (Å²) in [5.74, 6) is 1.67. The zero-order valence-electron chi connectivity index (χ0n) is 13.6. The number of aromatic nitrogens is 3. The van der Waals surface area contributed by atoms with E-state index >= 15 is 0 Å². The Balaban J connectivity index is 1.48. The first-order valence-corrected chi connectivity index (χ1v) is 8.36. The van der Waals surface area contributed by atoms with Crippen LogP contribution in [0.15, 0.2) is 36.5 Å². The van der Waals surface area contributed by atoms with Crippen molar-refractivity contribution in [2.75, 3.05) is 0 Å². The van der Waals surface area contributed by atoms with E-state index in [1.807, 2.05) is 50.4 Å². The lowest BCUT2D eigenvalue weighted by molar-refractivity contribution is -0.124. The van der Waals surface area contributed by atoms with Gasteiger partial charge in [0.25, 0.3) is 0 Å². The summed E-state index contributed by atoms with van der Waals surface area (Å²) in [5.41, 5.74) is 1.23. The number of carbonyl (C=O) groups is 1. The van der Waals surface area contributed by atoms with Gasteiger partial charge in [0.05, 0.1) is 17.4 Å². The molecule has 120 valence electrons. The van der Waals surface area contributed by atoms with Gasteiger partial charge in [-0.1, -0.05) is 29.8 Å². The predicted molar refractivity (Wildman–Crippen MR) is 86.8 cm³/mol. The first kappa shape index (κ1) is 14.4. The summed E-state index contributed by atoms with van der Waals surface area (Å²) >= 11 is 0. The van der Waals surface area contributed by atoms with Crippen molar-refractivity contribution in [2.45, 2.75) is 38.6 Å². The molecule has 2 saturated carbocycles. The molecule has 1 aromatic heterocycles. The van der Waals surface area contributed by atoms with E-state index in [0.29, 0.717) is 11.8 Å². The van der Waals surface area contributed by atoms with Gasteiger partial charge in [-0.25, -0.2) is 4.68 Å². The van der Waals surface area contributed by atoms with Crippen molar-refractivity contribution in [2.24, 2.45) is 17.8 Å². The van der Waals surface area contributed by atoms with Crippen molar-refractivity contribution < 1.29 is 4.79 Å². The van der Waals surface area contributed by atoms with E-state index in [4.69, 9.17) is 0 Å². The van der Waals surface area contributed by atoms with Gasteiger partial charge in [-0.3, -0.25) is 4.79 Å². The minimum Gasteiger partial charge on any atom is -0.345 e. The van der Waals surface area contributed by atoms with Crippen LogP contribution in [0.2, 0.25) is 0 Å². The standard InChI is InChI=1S/C18H22N4O/c1-18(2,19-17(23)16-13-9-6-10-14(13)16)15-11-22(21-20-15)12-7-4-3-5-8-12/h3-5,7-8,11,13-14,16H,6,9-10H2,1-2H3,(H,19,23)/t13-,14+,16?. The number of nitrogens with one attached hydrogen (secondary N) is 1. The molecule has 0 aliphatic heterocycles. The highest BCUT2D eigenvalue weighted by Crippen LogP contribution is 2.57. The van der Waals surface area contributed by atoms with E-state index < -0.39 is 5.54 Å². The Labute approximate surface area is 136 Å². The normalized spacial score (nSPS) is 25.9. The third kappa shape index (κ3) is 2.54. The smallest absolute Gasteiger partial charge is 0.224 e. The molecule has 5 nitrogen and oxygen atoms in total. The van der Waals surface area contributed by atoms with Crippen LogP contribution in [0.1, 0.15) is 38.8 Å². The number of nitrogens with zero attached hydrogens (tertiary/aromatic N) is 3. The van der Waals surface area contributed by atoms with Crippen molar-refractivity contribution in [3.05, 3.63) is 42.2 Å². The Hall–Kier alpha value is -2.17. The summed E-state index contributed by atoms with van der Waals surface area (Å²) in [6, 6.07) is 9.87. The predicted octanol–water partition coefficient (Wildman–Crippen LogP) is 2.66. The zero-order chi connectivity index (χ0) is 16.0. The van der Waals surface area contributed by atoms with Crippen LogP contribution in [0.25, 0.3) is 5.69 Å². The van der Waals surface area contributed by atoms with Gasteiger partial charge in [-0.15, -0.1) is 5.10 Å². The van der Waals surface area contributed by atoms with E-state index in [2.05, 4.69) is 15.6 Å². The number of amides is 1. The molecule has 2 aromatic rings. The maximum Gasteiger partial charge on any atom is 0.224 e. The van der Waals surface area contributed by atoms with Crippen molar-refractivity contribution in [3.8, 4) is 5.69 Å². The van der Waals surface area contributed by atoms with Crippen LogP contribution in [-0.2, 0) is 10.3 Å². The molecule has 0 bridgehead atoms. The molecule has 23 heavy (non-hydrogen) atoms. The number of hydrogen-bond acceptors (Lipinski definition) is 3. The third-order valence-corrected chi connectivity index (χ3v) is 5.30. The minimum atomic E-state index is -0.513. The third-order valence-electron chi connectivity index (χ3n) is 5.30. The summed E-state index contributed by atoms with van der Waals surface area (Å²) in [6.45, 7) is 3.98. The van der Waals surface area contributed by atoms with Crippen LogP contribution < -0.4 is 5.32 Å². The summed E-state index contributed by atoms with van der Waals surface area (Å²) in [4.78, 5) is 12.5. The van der Waals surface area contributed by atoms with Gasteiger partial charge < -0.3 is 5.32 Å². The fourth-order valence-electron chi connectivity index (χ4n) is 3.92. The molecule has 1 amide bonds. The first-order chi connectivity index (χ1) is 11.1. The van der Waals surface area contributed by atoms with Gasteiger partial charge in [0, 0.05) is 5.92 Å². The Morgan fingerprint density at radius 3 is 2.61 bits per heavy atom. The van der Waals surface area contributed by atoms with E-state index in [1.165, 1.54) is 19.3 Å². The number of fused-ring (bicyclic) bond motifs is 1. The lowest BCUT2D eigenvalue weighted by Gasteiger charge is -2.24. The molecule has 0 saturated heterocycles. The quantitative estimate of drug-likeness (QED) is 0.944. The Morgan fingerprint density at radius 2 is 1.91 bits per heavy atom. The molecule has 5 heteroatoms. The molecule has 1 heterocycles. The van der Waals surface area contributed by atoms with Crippen molar-refractivity contribution >= 4 is 5.91 Å². The maximum absolute atomic E-state index is 12.5. The van der Waals surface area contributed by atoms with Crippen LogP contribution in [0.4, 0.5) is 0 Å². The number of rotatable bonds is 4. The fraction of sp³-hybridized carbons (Fsp3) is 0.500. The second-order valence-corrected chi connectivity index (χ2v) is 7.28. The highest BCUT2D eigenvalue weighted by molar-refractivity contribution is 5.83. The molecule has 2 fully saturated rings. The average molecular weight is 310 g/mol. The van der Waals surface area contributed by atoms with Crippen LogP contribution in [0.5, 0.6) is 0 Å². The van der Waals surface area contributed by atoms with E-state index in [-0.39, 0.29) is 11.8 Å². The topological polar surface area (TPSA) is 59.8 Å². The van der Waals surface area contributed by atoms with E-state index in [1.54, 1.807) is 4.68 Å². The number of hydrogen-bond donors (Lipinski definition) is 1. The average Bonchev–Trinajstić information content (AvgIpc) is 2.95. The van der Waals surface area contributed by atoms with Crippen LogP contribution in [0, 0.1) is 17.8 Å². The van der Waals surface area contributed by atoms with Gasteiger partial charge in [0.2, 0.25) is 5.91 Å².